The standard InChI is InChI=1S/C14H21F5N2O2/c1-9(23-8-12(2-3-12)14(17,18)19)10(20)11(22)21-6-4-13(15,16)5-7-21/h9-10H,2-8,20H2,1H3/t9-,10+/m1/s1. The lowest BCUT2D eigenvalue weighted by atomic mass is 10.0. The molecule has 1 heterocycles. The summed E-state index contributed by atoms with van der Waals surface area (Å²) in [7, 11) is 0. The molecule has 0 aromatic rings. The Labute approximate surface area is 131 Å². The molecule has 1 saturated heterocycles. The zero-order chi connectivity index (χ0) is 17.5. The Bertz CT molecular complexity index is 441. The largest absolute Gasteiger partial charge is 0.396 e. The molecule has 1 saturated carbocycles. The van der Waals surface area contributed by atoms with Crippen molar-refractivity contribution < 1.29 is 31.5 Å². The number of rotatable bonds is 5. The average Bonchev–Trinajstić information content (AvgIpc) is 3.24. The SMILES string of the molecule is C[C@@H](OCC1(C(F)(F)F)CC1)[C@H](N)C(=O)N1CCC(F)(F)CC1. The van der Waals surface area contributed by atoms with Gasteiger partial charge in [-0.15, -0.1) is 0 Å². The van der Waals surface area contributed by atoms with Crippen molar-refractivity contribution in [2.75, 3.05) is 19.7 Å². The third kappa shape index (κ3) is 4.12. The maximum Gasteiger partial charge on any atom is 0.396 e. The number of piperidine rings is 1. The molecule has 1 aliphatic carbocycles. The Morgan fingerprint density at radius 1 is 1.22 bits per heavy atom. The average molecular weight is 344 g/mol. The number of nitrogens with two attached hydrogens (primary N) is 1. The van der Waals surface area contributed by atoms with E-state index in [1.807, 2.05) is 0 Å². The van der Waals surface area contributed by atoms with E-state index < -0.39 is 55.0 Å². The van der Waals surface area contributed by atoms with Gasteiger partial charge in [-0.05, 0) is 19.8 Å². The molecule has 0 spiro atoms. The van der Waals surface area contributed by atoms with Gasteiger partial charge in [-0.25, -0.2) is 8.78 Å². The lowest BCUT2D eigenvalue weighted by Crippen LogP contribution is -2.53. The summed E-state index contributed by atoms with van der Waals surface area (Å²) in [5.74, 6) is -3.35. The van der Waals surface area contributed by atoms with Gasteiger partial charge in [0.05, 0.1) is 18.1 Å². The van der Waals surface area contributed by atoms with Gasteiger partial charge in [0, 0.05) is 25.9 Å². The van der Waals surface area contributed by atoms with Crippen molar-refractivity contribution >= 4 is 5.91 Å². The van der Waals surface area contributed by atoms with Crippen LogP contribution < -0.4 is 5.73 Å². The minimum atomic E-state index is -4.33. The van der Waals surface area contributed by atoms with E-state index in [1.165, 1.54) is 11.8 Å². The monoisotopic (exact) mass is 344 g/mol. The molecule has 1 aliphatic heterocycles. The predicted molar refractivity (Wildman–Crippen MR) is 71.9 cm³/mol. The van der Waals surface area contributed by atoms with Gasteiger partial charge >= 0.3 is 6.18 Å². The van der Waals surface area contributed by atoms with Crippen LogP contribution in [0.5, 0.6) is 0 Å². The number of alkyl halides is 5. The highest BCUT2D eigenvalue weighted by Gasteiger charge is 2.63. The third-order valence-electron chi connectivity index (χ3n) is 4.67. The smallest absolute Gasteiger partial charge is 0.375 e. The first-order chi connectivity index (χ1) is 10.5. The number of hydrogen-bond acceptors (Lipinski definition) is 3. The normalized spacial score (nSPS) is 25.8. The molecule has 2 fully saturated rings. The van der Waals surface area contributed by atoms with E-state index in [1.54, 1.807) is 0 Å². The summed E-state index contributed by atoms with van der Waals surface area (Å²) in [6.07, 6.45) is -6.10. The number of ether oxygens (including phenoxy) is 1. The van der Waals surface area contributed by atoms with Crippen molar-refractivity contribution in [3.8, 4) is 0 Å². The minimum Gasteiger partial charge on any atom is -0.375 e. The van der Waals surface area contributed by atoms with Crippen LogP contribution in [-0.4, -0.2) is 54.7 Å². The highest BCUT2D eigenvalue weighted by molar-refractivity contribution is 5.82. The molecular weight excluding hydrogens is 323 g/mol. The number of hydrogen-bond donors (Lipinski definition) is 1. The molecule has 0 unspecified atom stereocenters. The summed E-state index contributed by atoms with van der Waals surface area (Å²) < 4.78 is 69.7. The fourth-order valence-electron chi connectivity index (χ4n) is 2.52. The second-order valence-corrected chi connectivity index (χ2v) is 6.50. The molecule has 1 amide bonds. The van der Waals surface area contributed by atoms with Gasteiger partial charge < -0.3 is 15.4 Å². The lowest BCUT2D eigenvalue weighted by Gasteiger charge is -2.34. The molecule has 0 bridgehead atoms. The number of amides is 1. The van der Waals surface area contributed by atoms with Gasteiger partial charge in [-0.1, -0.05) is 0 Å². The zero-order valence-corrected chi connectivity index (χ0v) is 12.8. The summed E-state index contributed by atoms with van der Waals surface area (Å²) in [5, 5.41) is 0. The van der Waals surface area contributed by atoms with Crippen molar-refractivity contribution in [1.82, 2.24) is 4.90 Å². The fourth-order valence-corrected chi connectivity index (χ4v) is 2.52. The molecule has 9 heteroatoms. The Morgan fingerprint density at radius 3 is 2.17 bits per heavy atom. The number of carbonyl (C=O) groups is 1. The Kier molecular flexibility index (Phi) is 4.92. The van der Waals surface area contributed by atoms with Crippen LogP contribution in [0.2, 0.25) is 0 Å². The van der Waals surface area contributed by atoms with E-state index in [2.05, 4.69) is 0 Å². The first-order valence-corrected chi connectivity index (χ1v) is 7.58. The van der Waals surface area contributed by atoms with E-state index in [9.17, 15) is 26.7 Å². The quantitative estimate of drug-likeness (QED) is 0.779. The van der Waals surface area contributed by atoms with Crippen molar-refractivity contribution in [3.05, 3.63) is 0 Å². The van der Waals surface area contributed by atoms with Gasteiger partial charge in [0.1, 0.15) is 6.04 Å². The summed E-state index contributed by atoms with van der Waals surface area (Å²) >= 11 is 0. The summed E-state index contributed by atoms with van der Waals surface area (Å²) in [5.41, 5.74) is 3.91. The molecule has 0 aromatic heterocycles. The van der Waals surface area contributed by atoms with Crippen molar-refractivity contribution in [3.63, 3.8) is 0 Å². The van der Waals surface area contributed by atoms with Gasteiger partial charge in [-0.2, -0.15) is 13.2 Å². The van der Waals surface area contributed by atoms with E-state index in [-0.39, 0.29) is 25.9 Å². The van der Waals surface area contributed by atoms with Crippen LogP contribution in [0, 0.1) is 5.41 Å². The Balaban J connectivity index is 1.83. The topological polar surface area (TPSA) is 55.6 Å². The zero-order valence-electron chi connectivity index (χ0n) is 12.8. The Morgan fingerprint density at radius 2 is 1.74 bits per heavy atom. The van der Waals surface area contributed by atoms with Crippen LogP contribution in [0.3, 0.4) is 0 Å². The molecule has 2 atom stereocenters. The van der Waals surface area contributed by atoms with Gasteiger partial charge in [-0.3, -0.25) is 4.79 Å². The van der Waals surface area contributed by atoms with Crippen LogP contribution in [0.15, 0.2) is 0 Å². The molecule has 2 aliphatic rings. The van der Waals surface area contributed by atoms with Crippen LogP contribution in [0.1, 0.15) is 32.6 Å². The molecule has 23 heavy (non-hydrogen) atoms. The molecular formula is C14H21F5N2O2. The Hall–Kier alpha value is -0.960. The predicted octanol–water partition coefficient (Wildman–Crippen LogP) is 2.32. The van der Waals surface area contributed by atoms with Crippen LogP contribution in [-0.2, 0) is 9.53 Å². The van der Waals surface area contributed by atoms with Crippen molar-refractivity contribution in [2.24, 2.45) is 11.1 Å². The molecule has 2 N–H and O–H groups in total. The van der Waals surface area contributed by atoms with E-state index in [0.717, 1.165) is 0 Å². The highest BCUT2D eigenvalue weighted by atomic mass is 19.4. The molecule has 4 nitrogen and oxygen atoms in total. The maximum absolute atomic E-state index is 13.1. The molecule has 0 radical (unpaired) electrons. The minimum absolute atomic E-state index is 0.00755. The second-order valence-electron chi connectivity index (χ2n) is 6.50. The number of carbonyl (C=O) groups excluding carboxylic acids is 1. The van der Waals surface area contributed by atoms with E-state index in [4.69, 9.17) is 10.5 Å². The van der Waals surface area contributed by atoms with Gasteiger partial charge in [0.2, 0.25) is 5.91 Å². The van der Waals surface area contributed by atoms with Gasteiger partial charge in [0.25, 0.3) is 5.92 Å². The molecule has 2 rings (SSSR count). The highest BCUT2D eigenvalue weighted by Crippen LogP contribution is 2.57. The molecule has 0 aromatic carbocycles. The van der Waals surface area contributed by atoms with Crippen LogP contribution in [0.4, 0.5) is 22.0 Å². The van der Waals surface area contributed by atoms with Gasteiger partial charge in [0.15, 0.2) is 0 Å². The lowest BCUT2D eigenvalue weighted by molar-refractivity contribution is -0.205. The summed E-state index contributed by atoms with van der Waals surface area (Å²) in [6.45, 7) is 0.668. The van der Waals surface area contributed by atoms with E-state index in [0.29, 0.717) is 0 Å². The van der Waals surface area contributed by atoms with E-state index >= 15 is 0 Å². The van der Waals surface area contributed by atoms with Crippen LogP contribution in [0.25, 0.3) is 0 Å². The number of nitrogens with zero attached hydrogens (tertiary/aromatic N) is 1. The fraction of sp³-hybridized carbons (Fsp3) is 0.929. The van der Waals surface area contributed by atoms with Crippen molar-refractivity contribution in [2.45, 2.75) is 56.9 Å². The third-order valence-corrected chi connectivity index (χ3v) is 4.67. The number of halogens is 5. The summed E-state index contributed by atoms with van der Waals surface area (Å²) in [4.78, 5) is 13.4. The maximum atomic E-state index is 13.1. The first kappa shape index (κ1) is 18.4. The summed E-state index contributed by atoms with van der Waals surface area (Å²) in [6, 6.07) is -1.16. The van der Waals surface area contributed by atoms with Crippen molar-refractivity contribution in [1.29, 1.82) is 0 Å². The van der Waals surface area contributed by atoms with Crippen LogP contribution >= 0.6 is 0 Å². The second kappa shape index (κ2) is 6.16. The first-order valence-electron chi connectivity index (χ1n) is 7.58. The molecule has 134 valence electrons. The number of likely N-dealkylation sites (tertiary alicyclic amines) is 1.